The number of aliphatic hydroxyl groups excluding tert-OH is 1. The van der Waals surface area contributed by atoms with Crippen molar-refractivity contribution in [1.82, 2.24) is 24.3 Å². The van der Waals surface area contributed by atoms with E-state index in [2.05, 4.69) is 38.6 Å². The van der Waals surface area contributed by atoms with E-state index in [0.717, 1.165) is 57.7 Å². The van der Waals surface area contributed by atoms with Crippen molar-refractivity contribution in [2.45, 2.75) is 18.8 Å². The van der Waals surface area contributed by atoms with Crippen LogP contribution in [0.1, 0.15) is 24.6 Å². The summed E-state index contributed by atoms with van der Waals surface area (Å²) in [5.74, 6) is 2.09. The van der Waals surface area contributed by atoms with Crippen molar-refractivity contribution in [3.63, 3.8) is 0 Å². The Bertz CT molecular complexity index is 1440. The van der Waals surface area contributed by atoms with Crippen LogP contribution in [0.3, 0.4) is 0 Å². The number of hydrogen-bond donors (Lipinski definition) is 2. The number of anilines is 1. The normalized spacial score (nSPS) is 18.2. The highest BCUT2D eigenvalue weighted by molar-refractivity contribution is 5.91. The van der Waals surface area contributed by atoms with Crippen LogP contribution in [0.15, 0.2) is 67.1 Å². The first-order valence-electron chi connectivity index (χ1n) is 10.8. The lowest BCUT2D eigenvalue weighted by atomic mass is 9.75. The molecule has 7 nitrogen and oxygen atoms in total. The maximum Gasteiger partial charge on any atom is 0.150 e. The Morgan fingerprint density at radius 2 is 1.84 bits per heavy atom. The Hall–Kier alpha value is -3.84. The van der Waals surface area contributed by atoms with E-state index in [4.69, 9.17) is 15.7 Å². The summed E-state index contributed by atoms with van der Waals surface area (Å²) in [5, 5.41) is 10.5. The van der Waals surface area contributed by atoms with Gasteiger partial charge in [0.05, 0.1) is 16.9 Å². The van der Waals surface area contributed by atoms with Gasteiger partial charge in [-0.25, -0.2) is 15.0 Å². The minimum absolute atomic E-state index is 0.227. The number of benzene rings is 1. The molecule has 6 rings (SSSR count). The number of imidazole rings is 1. The van der Waals surface area contributed by atoms with Crippen LogP contribution in [-0.4, -0.2) is 36.1 Å². The van der Waals surface area contributed by atoms with Gasteiger partial charge in [0.1, 0.15) is 22.9 Å². The SMILES string of the molecule is Nc1nccn2c1c(-c1ccc3ccc(-c4ccccn4)nc3c1)nc2[C@H]1C[C@@H](CO)C1. The Morgan fingerprint density at radius 3 is 2.66 bits per heavy atom. The van der Waals surface area contributed by atoms with Gasteiger partial charge in [0.15, 0.2) is 0 Å². The highest BCUT2D eigenvalue weighted by Gasteiger charge is 2.33. The third-order valence-corrected chi connectivity index (χ3v) is 6.36. The summed E-state index contributed by atoms with van der Waals surface area (Å²) >= 11 is 0. The molecule has 1 aliphatic rings. The number of fused-ring (bicyclic) bond motifs is 2. The molecule has 5 aromatic rings. The molecule has 158 valence electrons. The van der Waals surface area contributed by atoms with Crippen LogP contribution in [0.2, 0.25) is 0 Å². The zero-order valence-corrected chi connectivity index (χ0v) is 17.4. The summed E-state index contributed by atoms with van der Waals surface area (Å²) in [4.78, 5) is 18.6. The monoisotopic (exact) mass is 422 g/mol. The van der Waals surface area contributed by atoms with Gasteiger partial charge in [0.25, 0.3) is 0 Å². The predicted molar refractivity (Wildman–Crippen MR) is 124 cm³/mol. The van der Waals surface area contributed by atoms with Gasteiger partial charge in [-0.15, -0.1) is 0 Å². The van der Waals surface area contributed by atoms with Crippen molar-refractivity contribution in [1.29, 1.82) is 0 Å². The third kappa shape index (κ3) is 3.01. The highest BCUT2D eigenvalue weighted by atomic mass is 16.3. The van der Waals surface area contributed by atoms with E-state index >= 15 is 0 Å². The second kappa shape index (κ2) is 7.39. The predicted octanol–water partition coefficient (Wildman–Crippen LogP) is 4.07. The first-order chi connectivity index (χ1) is 15.7. The molecule has 0 amide bonds. The van der Waals surface area contributed by atoms with E-state index in [9.17, 15) is 5.11 Å². The van der Waals surface area contributed by atoms with E-state index in [1.807, 2.05) is 30.5 Å². The summed E-state index contributed by atoms with van der Waals surface area (Å²) in [6, 6.07) is 16.0. The number of nitrogens with zero attached hydrogens (tertiary/aromatic N) is 5. The lowest BCUT2D eigenvalue weighted by molar-refractivity contribution is 0.138. The molecule has 32 heavy (non-hydrogen) atoms. The molecule has 0 unspecified atom stereocenters. The Kier molecular flexibility index (Phi) is 4.36. The topological polar surface area (TPSA) is 102 Å². The molecule has 7 heteroatoms. The summed E-state index contributed by atoms with van der Waals surface area (Å²) < 4.78 is 2.05. The average Bonchev–Trinajstić information content (AvgIpc) is 3.19. The number of pyridine rings is 2. The fourth-order valence-corrected chi connectivity index (χ4v) is 4.59. The molecule has 4 aromatic heterocycles. The highest BCUT2D eigenvalue weighted by Crippen LogP contribution is 2.43. The van der Waals surface area contributed by atoms with Crippen LogP contribution in [0.25, 0.3) is 39.1 Å². The fraction of sp³-hybridized carbons (Fsp3) is 0.200. The van der Waals surface area contributed by atoms with Crippen molar-refractivity contribution in [3.8, 4) is 22.6 Å². The smallest absolute Gasteiger partial charge is 0.150 e. The molecule has 0 aliphatic heterocycles. The molecule has 1 aromatic carbocycles. The molecular weight excluding hydrogens is 400 g/mol. The summed E-state index contributed by atoms with van der Waals surface area (Å²) in [6.07, 6.45) is 7.27. The molecule has 4 heterocycles. The molecule has 0 spiro atoms. The van der Waals surface area contributed by atoms with Crippen LogP contribution in [0.5, 0.6) is 0 Å². The van der Waals surface area contributed by atoms with Gasteiger partial charge in [-0.1, -0.05) is 24.3 Å². The molecule has 0 bridgehead atoms. The van der Waals surface area contributed by atoms with Crippen LogP contribution in [0, 0.1) is 5.92 Å². The molecule has 0 atom stereocenters. The molecule has 0 saturated heterocycles. The Morgan fingerprint density at radius 1 is 0.969 bits per heavy atom. The minimum Gasteiger partial charge on any atom is -0.396 e. The maximum absolute atomic E-state index is 9.43. The zero-order valence-electron chi connectivity index (χ0n) is 17.4. The Balaban J connectivity index is 1.49. The second-order valence-electron chi connectivity index (χ2n) is 8.39. The molecule has 0 radical (unpaired) electrons. The summed E-state index contributed by atoms with van der Waals surface area (Å²) in [5.41, 5.74) is 11.4. The number of hydrogen-bond acceptors (Lipinski definition) is 6. The number of aromatic nitrogens is 5. The van der Waals surface area contributed by atoms with Crippen molar-refractivity contribution in [2.24, 2.45) is 5.92 Å². The van der Waals surface area contributed by atoms with Crippen LogP contribution >= 0.6 is 0 Å². The largest absolute Gasteiger partial charge is 0.396 e. The number of rotatable bonds is 4. The van der Waals surface area contributed by atoms with Gasteiger partial charge in [-0.2, -0.15) is 0 Å². The number of nitrogens with two attached hydrogens (primary N) is 1. The standard InChI is InChI=1S/C25H22N6O/c26-24-23-22(30-25(31(23)10-9-28-24)18-11-15(12-18)14-32)17-5-4-16-6-7-20(29-21(16)13-17)19-3-1-2-8-27-19/h1-10,13,15,18,32H,11-12,14H2,(H2,26,28)/t15-,18+. The van der Waals surface area contributed by atoms with Crippen molar-refractivity contribution >= 4 is 22.2 Å². The van der Waals surface area contributed by atoms with Gasteiger partial charge >= 0.3 is 0 Å². The summed E-state index contributed by atoms with van der Waals surface area (Å²) in [7, 11) is 0. The first kappa shape index (κ1) is 18.9. The van der Waals surface area contributed by atoms with Crippen molar-refractivity contribution in [2.75, 3.05) is 12.3 Å². The van der Waals surface area contributed by atoms with E-state index < -0.39 is 0 Å². The molecule has 1 fully saturated rings. The van der Waals surface area contributed by atoms with Crippen LogP contribution < -0.4 is 5.73 Å². The second-order valence-corrected chi connectivity index (χ2v) is 8.39. The molecule has 3 N–H and O–H groups in total. The minimum atomic E-state index is 0.227. The van der Waals surface area contributed by atoms with E-state index in [1.165, 1.54) is 0 Å². The van der Waals surface area contributed by atoms with Gasteiger partial charge in [-0.3, -0.25) is 9.38 Å². The van der Waals surface area contributed by atoms with Crippen LogP contribution in [-0.2, 0) is 0 Å². The van der Waals surface area contributed by atoms with Crippen molar-refractivity contribution in [3.05, 3.63) is 72.9 Å². The lowest BCUT2D eigenvalue weighted by Crippen LogP contribution is -2.26. The van der Waals surface area contributed by atoms with Crippen molar-refractivity contribution < 1.29 is 5.11 Å². The summed E-state index contributed by atoms with van der Waals surface area (Å²) in [6.45, 7) is 0.227. The van der Waals surface area contributed by atoms with Gasteiger partial charge in [0, 0.05) is 42.1 Å². The fourth-order valence-electron chi connectivity index (χ4n) is 4.59. The molecule has 1 saturated carbocycles. The number of aliphatic hydroxyl groups is 1. The first-order valence-corrected chi connectivity index (χ1v) is 10.8. The van der Waals surface area contributed by atoms with Gasteiger partial charge < -0.3 is 10.8 Å². The third-order valence-electron chi connectivity index (χ3n) is 6.36. The molecular formula is C25H22N6O. The maximum atomic E-state index is 9.43. The van der Waals surface area contributed by atoms with Crippen LogP contribution in [0.4, 0.5) is 5.82 Å². The lowest BCUT2D eigenvalue weighted by Gasteiger charge is -2.32. The van der Waals surface area contributed by atoms with Gasteiger partial charge in [0.2, 0.25) is 0 Å². The van der Waals surface area contributed by atoms with E-state index in [1.54, 1.807) is 12.4 Å². The van der Waals surface area contributed by atoms with Gasteiger partial charge in [-0.05, 0) is 43.0 Å². The average molecular weight is 422 g/mol. The number of nitrogen functional groups attached to an aromatic ring is 1. The quantitative estimate of drug-likeness (QED) is 0.453. The zero-order chi connectivity index (χ0) is 21.7. The Labute approximate surface area is 184 Å². The molecule has 1 aliphatic carbocycles. The van der Waals surface area contributed by atoms with E-state index in [-0.39, 0.29) is 6.61 Å². The van der Waals surface area contributed by atoms with E-state index in [0.29, 0.717) is 17.7 Å².